The molecule has 2 nitrogen and oxygen atoms in total. The quantitative estimate of drug-likeness (QED) is 0.766. The van der Waals surface area contributed by atoms with Crippen molar-refractivity contribution >= 4 is 5.90 Å². The van der Waals surface area contributed by atoms with E-state index in [-0.39, 0.29) is 11.4 Å². The fourth-order valence-corrected chi connectivity index (χ4v) is 2.87. The fourth-order valence-electron chi connectivity index (χ4n) is 2.87. The maximum atomic E-state index is 13.3. The molecule has 3 rings (SSSR count). The van der Waals surface area contributed by atoms with Gasteiger partial charge in [0.15, 0.2) is 0 Å². The molecule has 2 aromatic carbocycles. The monoisotopic (exact) mass is 311 g/mol. The van der Waals surface area contributed by atoms with Gasteiger partial charge in [-0.25, -0.2) is 9.38 Å². The average Bonchev–Trinajstić information content (AvgIpc) is 2.87. The van der Waals surface area contributed by atoms with Gasteiger partial charge in [-0.2, -0.15) is 0 Å². The molecule has 0 spiro atoms. The van der Waals surface area contributed by atoms with Gasteiger partial charge in [0.25, 0.3) is 0 Å². The van der Waals surface area contributed by atoms with Crippen LogP contribution in [0.4, 0.5) is 4.39 Å². The first-order valence-corrected chi connectivity index (χ1v) is 7.99. The van der Waals surface area contributed by atoms with Crippen molar-refractivity contribution in [2.24, 2.45) is 4.99 Å². The molecule has 0 amide bonds. The van der Waals surface area contributed by atoms with Gasteiger partial charge < -0.3 is 4.74 Å². The van der Waals surface area contributed by atoms with Crippen LogP contribution in [0, 0.1) is 5.82 Å². The number of halogens is 1. The highest BCUT2D eigenvalue weighted by atomic mass is 19.1. The van der Waals surface area contributed by atoms with Gasteiger partial charge in [-0.05, 0) is 48.6 Å². The Kier molecular flexibility index (Phi) is 3.97. The molecular formula is C20H22FNO. The molecule has 0 bridgehead atoms. The van der Waals surface area contributed by atoms with E-state index in [4.69, 9.17) is 9.73 Å². The van der Waals surface area contributed by atoms with Gasteiger partial charge in [0.05, 0.1) is 5.54 Å². The lowest BCUT2D eigenvalue weighted by atomic mass is 9.90. The normalized spacial score (nSPS) is 16.3. The van der Waals surface area contributed by atoms with Crippen molar-refractivity contribution in [1.82, 2.24) is 0 Å². The summed E-state index contributed by atoms with van der Waals surface area (Å²) >= 11 is 0. The zero-order valence-electron chi connectivity index (χ0n) is 14.1. The fraction of sp³-hybridized carbons (Fsp3) is 0.350. The number of rotatable bonds is 3. The highest BCUT2D eigenvalue weighted by Gasteiger charge is 2.30. The van der Waals surface area contributed by atoms with Crippen LogP contribution < -0.4 is 0 Å². The largest absolute Gasteiger partial charge is 0.475 e. The molecule has 1 aliphatic heterocycles. The van der Waals surface area contributed by atoms with Crippen LogP contribution in [-0.4, -0.2) is 18.0 Å². The average molecular weight is 311 g/mol. The van der Waals surface area contributed by atoms with Gasteiger partial charge in [0, 0.05) is 5.56 Å². The first-order valence-electron chi connectivity index (χ1n) is 7.99. The van der Waals surface area contributed by atoms with E-state index in [0.29, 0.717) is 18.4 Å². The molecule has 0 saturated carbocycles. The number of hydrogen-bond acceptors (Lipinski definition) is 2. The molecule has 0 aromatic heterocycles. The highest BCUT2D eigenvalue weighted by molar-refractivity contribution is 6.03. The maximum Gasteiger partial charge on any atom is 0.217 e. The van der Waals surface area contributed by atoms with Crippen LogP contribution in [0.1, 0.15) is 44.7 Å². The number of benzene rings is 2. The topological polar surface area (TPSA) is 21.6 Å². The number of aliphatic imine (C=N–C) groups is 1. The van der Waals surface area contributed by atoms with Gasteiger partial charge in [-0.3, -0.25) is 0 Å². The van der Waals surface area contributed by atoms with Gasteiger partial charge in [-0.1, -0.05) is 44.2 Å². The lowest BCUT2D eigenvalue weighted by Gasteiger charge is -2.17. The summed E-state index contributed by atoms with van der Waals surface area (Å²) in [6.07, 6.45) is 0. The van der Waals surface area contributed by atoms with Crippen molar-refractivity contribution in [3.05, 3.63) is 59.4 Å². The standard InChI is InChI=1S/C20H22FNO/c1-13(2)16-6-5-7-17(14-8-10-15(21)11-9-14)18(16)19-22-20(3,4)12-23-19/h5-11,13H,12H2,1-4H3. The van der Waals surface area contributed by atoms with Gasteiger partial charge in [0.2, 0.25) is 5.90 Å². The minimum Gasteiger partial charge on any atom is -0.475 e. The number of ether oxygens (including phenoxy) is 1. The number of hydrogen-bond donors (Lipinski definition) is 0. The first-order chi connectivity index (χ1) is 10.9. The van der Waals surface area contributed by atoms with Crippen molar-refractivity contribution < 1.29 is 9.13 Å². The van der Waals surface area contributed by atoms with Crippen LogP contribution in [0.5, 0.6) is 0 Å². The van der Waals surface area contributed by atoms with Gasteiger partial charge in [0.1, 0.15) is 12.4 Å². The van der Waals surface area contributed by atoms with Gasteiger partial charge in [-0.15, -0.1) is 0 Å². The minimum atomic E-state index is -0.231. The van der Waals surface area contributed by atoms with E-state index in [1.807, 2.05) is 12.1 Å². The summed E-state index contributed by atoms with van der Waals surface area (Å²) in [6.45, 7) is 9.03. The summed E-state index contributed by atoms with van der Waals surface area (Å²) in [5.41, 5.74) is 4.02. The predicted molar refractivity (Wildman–Crippen MR) is 92.5 cm³/mol. The molecule has 0 radical (unpaired) electrons. The summed E-state index contributed by atoms with van der Waals surface area (Å²) in [5, 5.41) is 0. The SMILES string of the molecule is CC(C)c1cccc(-c2ccc(F)cc2)c1C1=NC(C)(C)CO1. The summed E-state index contributed by atoms with van der Waals surface area (Å²) in [4.78, 5) is 4.76. The van der Waals surface area contributed by atoms with E-state index in [0.717, 1.165) is 16.7 Å². The molecule has 2 aromatic rings. The van der Waals surface area contributed by atoms with E-state index in [1.54, 1.807) is 12.1 Å². The van der Waals surface area contributed by atoms with E-state index >= 15 is 0 Å². The molecule has 0 unspecified atom stereocenters. The molecule has 0 saturated heterocycles. The summed E-state index contributed by atoms with van der Waals surface area (Å²) in [5.74, 6) is 0.810. The van der Waals surface area contributed by atoms with Crippen molar-refractivity contribution in [2.75, 3.05) is 6.61 Å². The van der Waals surface area contributed by atoms with Crippen molar-refractivity contribution in [2.45, 2.75) is 39.2 Å². The Morgan fingerprint density at radius 2 is 1.78 bits per heavy atom. The zero-order chi connectivity index (χ0) is 16.6. The predicted octanol–water partition coefficient (Wildman–Crippen LogP) is 5.17. The first kappa shape index (κ1) is 15.7. The Morgan fingerprint density at radius 3 is 2.35 bits per heavy atom. The van der Waals surface area contributed by atoms with Crippen LogP contribution in [0.2, 0.25) is 0 Å². The van der Waals surface area contributed by atoms with Crippen LogP contribution in [0.25, 0.3) is 11.1 Å². The Labute approximate surface area is 137 Å². The summed E-state index contributed by atoms with van der Waals surface area (Å²) in [6, 6.07) is 12.8. The van der Waals surface area contributed by atoms with Crippen LogP contribution in [-0.2, 0) is 4.74 Å². The Morgan fingerprint density at radius 1 is 1.09 bits per heavy atom. The lowest BCUT2D eigenvalue weighted by Crippen LogP contribution is -2.17. The molecular weight excluding hydrogens is 289 g/mol. The Bertz CT molecular complexity index is 745. The Hall–Kier alpha value is -2.16. The second-order valence-electron chi connectivity index (χ2n) is 6.95. The van der Waals surface area contributed by atoms with E-state index in [1.165, 1.54) is 17.7 Å². The molecule has 1 heterocycles. The highest BCUT2D eigenvalue weighted by Crippen LogP contribution is 2.34. The van der Waals surface area contributed by atoms with Crippen LogP contribution >= 0.6 is 0 Å². The molecule has 0 fully saturated rings. The third-order valence-electron chi connectivity index (χ3n) is 4.05. The smallest absolute Gasteiger partial charge is 0.217 e. The Balaban J connectivity index is 2.21. The number of nitrogens with zero attached hydrogens (tertiary/aromatic N) is 1. The minimum absolute atomic E-state index is 0.209. The third-order valence-corrected chi connectivity index (χ3v) is 4.05. The van der Waals surface area contributed by atoms with Crippen LogP contribution in [0.15, 0.2) is 47.5 Å². The molecule has 0 aliphatic carbocycles. The second-order valence-corrected chi connectivity index (χ2v) is 6.95. The summed E-state index contributed by atoms with van der Waals surface area (Å²) in [7, 11) is 0. The molecule has 3 heteroatoms. The van der Waals surface area contributed by atoms with Crippen molar-refractivity contribution in [3.8, 4) is 11.1 Å². The van der Waals surface area contributed by atoms with Crippen molar-refractivity contribution in [1.29, 1.82) is 0 Å². The second kappa shape index (κ2) is 5.80. The molecule has 0 N–H and O–H groups in total. The van der Waals surface area contributed by atoms with E-state index in [9.17, 15) is 4.39 Å². The van der Waals surface area contributed by atoms with E-state index in [2.05, 4.69) is 33.8 Å². The summed E-state index contributed by atoms with van der Waals surface area (Å²) < 4.78 is 19.2. The molecule has 120 valence electrons. The molecule has 1 aliphatic rings. The van der Waals surface area contributed by atoms with E-state index < -0.39 is 0 Å². The molecule has 23 heavy (non-hydrogen) atoms. The third kappa shape index (κ3) is 3.14. The maximum absolute atomic E-state index is 13.3. The van der Waals surface area contributed by atoms with Crippen LogP contribution in [0.3, 0.4) is 0 Å². The lowest BCUT2D eigenvalue weighted by molar-refractivity contribution is 0.279. The van der Waals surface area contributed by atoms with Crippen molar-refractivity contribution in [3.63, 3.8) is 0 Å². The van der Waals surface area contributed by atoms with Gasteiger partial charge >= 0.3 is 0 Å². The zero-order valence-corrected chi connectivity index (χ0v) is 14.1. The molecule has 0 atom stereocenters.